The molecule has 1 aliphatic rings. The number of fused-ring (bicyclic) bond motifs is 1. The number of halogens is 1. The molecule has 1 fully saturated rings. The molecule has 2 aromatic heterocycles. The minimum Gasteiger partial charge on any atom is -0.365 e. The van der Waals surface area contributed by atoms with Gasteiger partial charge in [-0.25, -0.2) is 9.37 Å². The lowest BCUT2D eigenvalue weighted by atomic mass is 10.1. The van der Waals surface area contributed by atoms with E-state index >= 15 is 0 Å². The summed E-state index contributed by atoms with van der Waals surface area (Å²) in [7, 11) is 0. The van der Waals surface area contributed by atoms with Crippen LogP contribution >= 0.6 is 0 Å². The fourth-order valence-electron chi connectivity index (χ4n) is 3.50. The van der Waals surface area contributed by atoms with Gasteiger partial charge in [0.05, 0.1) is 11.1 Å². The van der Waals surface area contributed by atoms with Crippen LogP contribution in [0.2, 0.25) is 0 Å². The average molecular weight is 394 g/mol. The van der Waals surface area contributed by atoms with Gasteiger partial charge in [0.15, 0.2) is 11.6 Å². The molecule has 4 rings (SSSR count). The van der Waals surface area contributed by atoms with Crippen LogP contribution < -0.4 is 22.1 Å². The topological polar surface area (TPSA) is 119 Å². The van der Waals surface area contributed by atoms with E-state index in [0.717, 1.165) is 29.8 Å². The van der Waals surface area contributed by atoms with Gasteiger partial charge in [0, 0.05) is 29.4 Å². The summed E-state index contributed by atoms with van der Waals surface area (Å²) in [5, 5.41) is 7.09. The van der Waals surface area contributed by atoms with E-state index in [-0.39, 0.29) is 29.3 Å². The summed E-state index contributed by atoms with van der Waals surface area (Å²) < 4.78 is 14.7. The van der Waals surface area contributed by atoms with Crippen LogP contribution in [0.4, 0.5) is 21.7 Å². The monoisotopic (exact) mass is 394 g/mol. The van der Waals surface area contributed by atoms with Gasteiger partial charge in [-0.05, 0) is 56.0 Å². The van der Waals surface area contributed by atoms with Gasteiger partial charge in [-0.2, -0.15) is 0 Å². The Bertz CT molecular complexity index is 1060. The van der Waals surface area contributed by atoms with E-state index in [4.69, 9.17) is 11.5 Å². The van der Waals surface area contributed by atoms with Gasteiger partial charge in [-0.1, -0.05) is 6.07 Å². The van der Waals surface area contributed by atoms with Crippen molar-refractivity contribution in [1.82, 2.24) is 9.97 Å². The Morgan fingerprint density at radius 2 is 2.03 bits per heavy atom. The number of primary amides is 1. The molecular formula is C21H23FN6O. The van der Waals surface area contributed by atoms with Gasteiger partial charge in [-0.15, -0.1) is 0 Å². The highest BCUT2D eigenvalue weighted by molar-refractivity contribution is 6.00. The number of pyridine rings is 2. The van der Waals surface area contributed by atoms with Gasteiger partial charge in [0.1, 0.15) is 5.82 Å². The fourth-order valence-corrected chi connectivity index (χ4v) is 3.50. The minimum atomic E-state index is -0.769. The molecule has 1 aliphatic carbocycles. The van der Waals surface area contributed by atoms with Gasteiger partial charge < -0.3 is 22.1 Å². The lowest BCUT2D eigenvalue weighted by Crippen LogP contribution is -2.40. The molecule has 3 aromatic rings. The largest absolute Gasteiger partial charge is 0.365 e. The molecule has 0 unspecified atom stereocenters. The van der Waals surface area contributed by atoms with Crippen LogP contribution in [0.25, 0.3) is 10.9 Å². The summed E-state index contributed by atoms with van der Waals surface area (Å²) in [5.41, 5.74) is 13.0. The van der Waals surface area contributed by atoms with Gasteiger partial charge in [-0.3, -0.25) is 9.78 Å². The highest BCUT2D eigenvalue weighted by atomic mass is 19.1. The first-order chi connectivity index (χ1) is 13.9. The third kappa shape index (κ3) is 3.97. The van der Waals surface area contributed by atoms with Crippen molar-refractivity contribution in [2.75, 3.05) is 10.6 Å². The summed E-state index contributed by atoms with van der Waals surface area (Å²) in [6.07, 6.45) is 3.80. The van der Waals surface area contributed by atoms with E-state index in [9.17, 15) is 9.18 Å². The molecule has 8 heteroatoms. The maximum absolute atomic E-state index is 14.7. The van der Waals surface area contributed by atoms with Crippen molar-refractivity contribution in [2.45, 2.75) is 31.8 Å². The predicted molar refractivity (Wildman–Crippen MR) is 112 cm³/mol. The lowest BCUT2D eigenvalue weighted by Gasteiger charge is -2.23. The van der Waals surface area contributed by atoms with Crippen molar-refractivity contribution < 1.29 is 9.18 Å². The zero-order chi connectivity index (χ0) is 20.5. The summed E-state index contributed by atoms with van der Waals surface area (Å²) in [6.45, 7) is 1.88. The van der Waals surface area contributed by atoms with E-state index in [1.165, 1.54) is 0 Å². The van der Waals surface area contributed by atoms with Gasteiger partial charge in [0.2, 0.25) is 0 Å². The van der Waals surface area contributed by atoms with Crippen LogP contribution in [-0.2, 0) is 0 Å². The highest BCUT2D eigenvalue weighted by Gasteiger charge is 2.34. The second kappa shape index (κ2) is 7.63. The number of nitrogens with one attached hydrogen (secondary N) is 2. The molecule has 0 bridgehead atoms. The fraction of sp³-hybridized carbons (Fsp3) is 0.286. The third-order valence-corrected chi connectivity index (χ3v) is 5.14. The standard InChI is InChI=1S/C21H23FN6O/c1-11(23)18(12-7-8-12)27-21-15(22)10-14(19(24)29)20(28-21)26-17-6-2-5-16-13(17)4-3-9-25-16/h2-6,9-12,18H,7-8,23H2,1H3,(H2,24,29)(H2,26,27,28)/t11-,18-/m0/s1. The molecule has 0 spiro atoms. The van der Waals surface area contributed by atoms with E-state index in [1.54, 1.807) is 6.20 Å². The zero-order valence-corrected chi connectivity index (χ0v) is 16.0. The van der Waals surface area contributed by atoms with Crippen molar-refractivity contribution in [3.05, 3.63) is 54.0 Å². The number of nitrogens with zero attached hydrogens (tertiary/aromatic N) is 2. The first-order valence-electron chi connectivity index (χ1n) is 9.57. The van der Waals surface area contributed by atoms with Crippen LogP contribution in [0.5, 0.6) is 0 Å². The SMILES string of the molecule is C[C@H](N)[C@H](Nc1nc(Nc2cccc3ncccc23)c(C(N)=O)cc1F)C1CC1. The second-order valence-corrected chi connectivity index (χ2v) is 7.45. The molecule has 2 heterocycles. The smallest absolute Gasteiger partial charge is 0.252 e. The first kappa shape index (κ1) is 19.1. The van der Waals surface area contributed by atoms with E-state index in [0.29, 0.717) is 11.6 Å². The number of rotatable bonds is 7. The molecule has 1 amide bonds. The Balaban J connectivity index is 1.73. The summed E-state index contributed by atoms with van der Waals surface area (Å²) in [5.74, 6) is -0.792. The molecule has 7 nitrogen and oxygen atoms in total. The molecule has 1 saturated carbocycles. The number of nitrogens with two attached hydrogens (primary N) is 2. The summed E-state index contributed by atoms with van der Waals surface area (Å²) in [4.78, 5) is 20.6. The number of hydrogen-bond donors (Lipinski definition) is 4. The van der Waals surface area contributed by atoms with Gasteiger partial charge in [0.25, 0.3) is 5.91 Å². The zero-order valence-electron chi connectivity index (χ0n) is 16.0. The van der Waals surface area contributed by atoms with Gasteiger partial charge >= 0.3 is 0 Å². The van der Waals surface area contributed by atoms with Crippen molar-refractivity contribution in [2.24, 2.45) is 17.4 Å². The number of hydrogen-bond acceptors (Lipinski definition) is 6. The molecule has 1 aromatic carbocycles. The summed E-state index contributed by atoms with van der Waals surface area (Å²) in [6, 6.07) is 10.1. The van der Waals surface area contributed by atoms with Crippen molar-refractivity contribution >= 4 is 34.1 Å². The second-order valence-electron chi connectivity index (χ2n) is 7.45. The van der Waals surface area contributed by atoms with Crippen molar-refractivity contribution in [3.63, 3.8) is 0 Å². The molecule has 0 saturated heterocycles. The molecule has 6 N–H and O–H groups in total. The number of anilines is 3. The quantitative estimate of drug-likeness (QED) is 0.489. The Labute approximate surface area is 167 Å². The lowest BCUT2D eigenvalue weighted by molar-refractivity contribution is 0.100. The Morgan fingerprint density at radius 1 is 1.24 bits per heavy atom. The number of amides is 1. The van der Waals surface area contributed by atoms with E-state index in [2.05, 4.69) is 20.6 Å². The Morgan fingerprint density at radius 3 is 2.72 bits per heavy atom. The highest BCUT2D eigenvalue weighted by Crippen LogP contribution is 2.36. The molecule has 29 heavy (non-hydrogen) atoms. The molecule has 0 radical (unpaired) electrons. The van der Waals surface area contributed by atoms with Crippen LogP contribution in [0.1, 0.15) is 30.1 Å². The number of aromatic nitrogens is 2. The first-order valence-corrected chi connectivity index (χ1v) is 9.57. The van der Waals surface area contributed by atoms with E-state index < -0.39 is 11.7 Å². The molecular weight excluding hydrogens is 371 g/mol. The number of benzene rings is 1. The van der Waals surface area contributed by atoms with Crippen molar-refractivity contribution in [3.8, 4) is 0 Å². The number of carbonyl (C=O) groups excluding carboxylic acids is 1. The average Bonchev–Trinajstić information content (AvgIpc) is 3.52. The van der Waals surface area contributed by atoms with E-state index in [1.807, 2.05) is 37.3 Å². The number of carbonyl (C=O) groups is 1. The van der Waals surface area contributed by atoms with Crippen LogP contribution in [-0.4, -0.2) is 28.0 Å². The Hall–Kier alpha value is -3.26. The molecule has 2 atom stereocenters. The molecule has 150 valence electrons. The summed E-state index contributed by atoms with van der Waals surface area (Å²) >= 11 is 0. The minimum absolute atomic E-state index is 0.0299. The maximum Gasteiger partial charge on any atom is 0.252 e. The van der Waals surface area contributed by atoms with Crippen LogP contribution in [0.15, 0.2) is 42.6 Å². The Kier molecular flexibility index (Phi) is 5.02. The maximum atomic E-state index is 14.7. The predicted octanol–water partition coefficient (Wildman–Crippen LogP) is 3.15. The third-order valence-electron chi connectivity index (χ3n) is 5.14. The van der Waals surface area contributed by atoms with Crippen LogP contribution in [0.3, 0.4) is 0 Å². The van der Waals surface area contributed by atoms with Crippen molar-refractivity contribution in [1.29, 1.82) is 0 Å². The molecule has 0 aliphatic heterocycles. The normalized spacial score (nSPS) is 15.7. The van der Waals surface area contributed by atoms with Crippen LogP contribution in [0, 0.1) is 11.7 Å².